The normalized spacial score (nSPS) is 10.3. The number of hydrogen-bond acceptors (Lipinski definition) is 4. The van der Waals surface area contributed by atoms with E-state index in [4.69, 9.17) is 9.47 Å². The standard InChI is InChI=1S/C26H28N2O4/c1-4-5-15-32-24-14-13-21(31-3)17-23(24)28-26(30)20-12-11-18(2)22(16-20)27-25(29)19-9-7-6-8-10-19/h6-14,16-17H,4-5,15H2,1-3H3,(H,27,29)(H,28,30). The molecule has 2 N–H and O–H groups in total. The number of amides is 2. The average molecular weight is 433 g/mol. The molecule has 3 aromatic carbocycles. The van der Waals surface area contributed by atoms with Gasteiger partial charge in [-0.3, -0.25) is 9.59 Å². The van der Waals surface area contributed by atoms with Crippen LogP contribution in [0.2, 0.25) is 0 Å². The fourth-order valence-corrected chi connectivity index (χ4v) is 3.06. The lowest BCUT2D eigenvalue weighted by molar-refractivity contribution is 0.101. The molecule has 166 valence electrons. The Labute approximate surface area is 188 Å². The second-order valence-electron chi connectivity index (χ2n) is 7.37. The fourth-order valence-electron chi connectivity index (χ4n) is 3.06. The number of unbranched alkanes of at least 4 members (excludes halogenated alkanes) is 1. The highest BCUT2D eigenvalue weighted by atomic mass is 16.5. The van der Waals surface area contributed by atoms with Crippen LogP contribution in [0.4, 0.5) is 11.4 Å². The zero-order chi connectivity index (χ0) is 22.9. The molecule has 3 rings (SSSR count). The minimum atomic E-state index is -0.311. The highest BCUT2D eigenvalue weighted by Crippen LogP contribution is 2.30. The summed E-state index contributed by atoms with van der Waals surface area (Å²) < 4.78 is 11.1. The lowest BCUT2D eigenvalue weighted by Gasteiger charge is -2.15. The number of carbonyl (C=O) groups excluding carboxylic acids is 2. The average Bonchev–Trinajstić information content (AvgIpc) is 2.82. The molecule has 6 heteroatoms. The maximum absolute atomic E-state index is 13.0. The molecule has 0 aliphatic rings. The predicted octanol–water partition coefficient (Wildman–Crippen LogP) is 5.69. The minimum absolute atomic E-state index is 0.231. The number of ether oxygens (including phenoxy) is 2. The van der Waals surface area contributed by atoms with Crippen LogP contribution in [0.5, 0.6) is 11.5 Å². The quantitative estimate of drug-likeness (QED) is 0.426. The predicted molar refractivity (Wildman–Crippen MR) is 127 cm³/mol. The Morgan fingerprint density at radius 1 is 0.844 bits per heavy atom. The van der Waals surface area contributed by atoms with Crippen molar-refractivity contribution in [3.05, 3.63) is 83.4 Å². The van der Waals surface area contributed by atoms with E-state index in [0.29, 0.717) is 40.6 Å². The molecule has 0 aromatic heterocycles. The van der Waals surface area contributed by atoms with Gasteiger partial charge in [-0.15, -0.1) is 0 Å². The smallest absolute Gasteiger partial charge is 0.255 e. The van der Waals surface area contributed by atoms with Gasteiger partial charge in [-0.25, -0.2) is 0 Å². The first-order valence-corrected chi connectivity index (χ1v) is 10.6. The maximum atomic E-state index is 13.0. The summed E-state index contributed by atoms with van der Waals surface area (Å²) in [4.78, 5) is 25.5. The monoisotopic (exact) mass is 432 g/mol. The number of benzene rings is 3. The van der Waals surface area contributed by atoms with Crippen LogP contribution < -0.4 is 20.1 Å². The summed E-state index contributed by atoms with van der Waals surface area (Å²) in [5.41, 5.74) is 2.93. The summed E-state index contributed by atoms with van der Waals surface area (Å²) in [6.45, 7) is 4.53. The van der Waals surface area contributed by atoms with E-state index >= 15 is 0 Å². The van der Waals surface area contributed by atoms with Crippen LogP contribution in [0.1, 0.15) is 46.0 Å². The van der Waals surface area contributed by atoms with E-state index in [-0.39, 0.29) is 11.8 Å². The fraction of sp³-hybridized carbons (Fsp3) is 0.231. The summed E-state index contributed by atoms with van der Waals surface area (Å²) in [5, 5.41) is 5.79. The number of hydrogen-bond donors (Lipinski definition) is 2. The number of nitrogens with one attached hydrogen (secondary N) is 2. The van der Waals surface area contributed by atoms with Gasteiger partial charge in [0.1, 0.15) is 11.5 Å². The molecule has 3 aromatic rings. The van der Waals surface area contributed by atoms with Gasteiger partial charge in [0.2, 0.25) is 0 Å². The maximum Gasteiger partial charge on any atom is 0.255 e. The Hall–Kier alpha value is -3.80. The molecule has 0 saturated heterocycles. The SMILES string of the molecule is CCCCOc1ccc(OC)cc1NC(=O)c1ccc(C)c(NC(=O)c2ccccc2)c1. The molecular formula is C26H28N2O4. The molecule has 0 radical (unpaired) electrons. The third-order valence-corrected chi connectivity index (χ3v) is 4.97. The summed E-state index contributed by atoms with van der Waals surface area (Å²) in [6.07, 6.45) is 1.93. The van der Waals surface area contributed by atoms with Gasteiger partial charge < -0.3 is 20.1 Å². The van der Waals surface area contributed by atoms with Gasteiger partial charge in [-0.05, 0) is 55.3 Å². The van der Waals surface area contributed by atoms with Crippen molar-refractivity contribution in [2.24, 2.45) is 0 Å². The van der Waals surface area contributed by atoms with Crippen LogP contribution in [0.25, 0.3) is 0 Å². The van der Waals surface area contributed by atoms with Crippen LogP contribution in [0.3, 0.4) is 0 Å². The largest absolute Gasteiger partial charge is 0.497 e. The van der Waals surface area contributed by atoms with Crippen LogP contribution in [0.15, 0.2) is 66.7 Å². The van der Waals surface area contributed by atoms with Gasteiger partial charge in [0.25, 0.3) is 11.8 Å². The summed E-state index contributed by atoms with van der Waals surface area (Å²) in [5.74, 6) is 0.652. The van der Waals surface area contributed by atoms with Crippen molar-refractivity contribution in [3.8, 4) is 11.5 Å². The van der Waals surface area contributed by atoms with E-state index < -0.39 is 0 Å². The van der Waals surface area contributed by atoms with Gasteiger partial charge in [0, 0.05) is 22.9 Å². The van der Waals surface area contributed by atoms with E-state index in [1.54, 1.807) is 67.8 Å². The van der Waals surface area contributed by atoms with Crippen molar-refractivity contribution in [2.45, 2.75) is 26.7 Å². The van der Waals surface area contributed by atoms with Gasteiger partial charge in [0.15, 0.2) is 0 Å². The Morgan fingerprint density at radius 3 is 2.28 bits per heavy atom. The molecule has 0 atom stereocenters. The topological polar surface area (TPSA) is 76.7 Å². The highest BCUT2D eigenvalue weighted by molar-refractivity contribution is 6.08. The summed E-state index contributed by atoms with van der Waals surface area (Å²) >= 11 is 0. The molecule has 0 fully saturated rings. The highest BCUT2D eigenvalue weighted by Gasteiger charge is 2.14. The van der Waals surface area contributed by atoms with E-state index in [1.165, 1.54) is 0 Å². The van der Waals surface area contributed by atoms with E-state index in [1.807, 2.05) is 13.0 Å². The lowest BCUT2D eigenvalue weighted by atomic mass is 10.1. The second kappa shape index (κ2) is 11.0. The molecule has 32 heavy (non-hydrogen) atoms. The molecule has 0 aliphatic carbocycles. The third-order valence-electron chi connectivity index (χ3n) is 4.97. The summed E-state index contributed by atoms with van der Waals surface area (Å²) in [6, 6.07) is 19.4. The molecular weight excluding hydrogens is 404 g/mol. The molecule has 0 unspecified atom stereocenters. The number of carbonyl (C=O) groups is 2. The van der Waals surface area contributed by atoms with Crippen molar-refractivity contribution >= 4 is 23.2 Å². The molecule has 0 heterocycles. The Bertz CT molecular complexity index is 1080. The Morgan fingerprint density at radius 2 is 1.56 bits per heavy atom. The van der Waals surface area contributed by atoms with E-state index in [9.17, 15) is 9.59 Å². The minimum Gasteiger partial charge on any atom is -0.497 e. The number of anilines is 2. The first kappa shape index (κ1) is 22.9. The molecule has 0 aliphatic heterocycles. The van der Waals surface area contributed by atoms with Crippen molar-refractivity contribution in [1.82, 2.24) is 0 Å². The number of aryl methyl sites for hydroxylation is 1. The van der Waals surface area contributed by atoms with Crippen LogP contribution in [-0.2, 0) is 0 Å². The van der Waals surface area contributed by atoms with E-state index in [2.05, 4.69) is 17.6 Å². The first-order chi connectivity index (χ1) is 15.5. The van der Waals surface area contributed by atoms with Crippen LogP contribution >= 0.6 is 0 Å². The molecule has 2 amide bonds. The van der Waals surface area contributed by atoms with Gasteiger partial charge in [-0.2, -0.15) is 0 Å². The molecule has 0 spiro atoms. The van der Waals surface area contributed by atoms with Crippen molar-refractivity contribution < 1.29 is 19.1 Å². The summed E-state index contributed by atoms with van der Waals surface area (Å²) in [7, 11) is 1.57. The molecule has 0 bridgehead atoms. The van der Waals surface area contributed by atoms with Gasteiger partial charge in [0.05, 0.1) is 19.4 Å². The van der Waals surface area contributed by atoms with Crippen LogP contribution in [-0.4, -0.2) is 25.5 Å². The molecule has 0 saturated carbocycles. The number of methoxy groups -OCH3 is 1. The van der Waals surface area contributed by atoms with Crippen molar-refractivity contribution in [2.75, 3.05) is 24.4 Å². The van der Waals surface area contributed by atoms with Gasteiger partial charge in [-0.1, -0.05) is 37.6 Å². The molecule has 6 nitrogen and oxygen atoms in total. The van der Waals surface area contributed by atoms with Crippen LogP contribution in [0, 0.1) is 6.92 Å². The van der Waals surface area contributed by atoms with Crippen molar-refractivity contribution in [3.63, 3.8) is 0 Å². The lowest BCUT2D eigenvalue weighted by Crippen LogP contribution is -2.16. The Balaban J connectivity index is 1.79. The van der Waals surface area contributed by atoms with E-state index in [0.717, 1.165) is 18.4 Å². The zero-order valence-corrected chi connectivity index (χ0v) is 18.6. The Kier molecular flexibility index (Phi) is 7.86. The third kappa shape index (κ3) is 5.88. The number of rotatable bonds is 9. The second-order valence-corrected chi connectivity index (χ2v) is 7.37. The zero-order valence-electron chi connectivity index (χ0n) is 18.6. The van der Waals surface area contributed by atoms with Gasteiger partial charge >= 0.3 is 0 Å². The van der Waals surface area contributed by atoms with Crippen molar-refractivity contribution in [1.29, 1.82) is 0 Å². The first-order valence-electron chi connectivity index (χ1n) is 10.6.